The van der Waals surface area contributed by atoms with Crippen molar-refractivity contribution in [2.45, 2.75) is 13.0 Å². The number of amides is 2. The van der Waals surface area contributed by atoms with E-state index in [9.17, 15) is 9.59 Å². The predicted molar refractivity (Wildman–Crippen MR) is 86.8 cm³/mol. The summed E-state index contributed by atoms with van der Waals surface area (Å²) in [5.41, 5.74) is 2.30. The summed E-state index contributed by atoms with van der Waals surface area (Å²) in [6, 6.07) is 6.60. The van der Waals surface area contributed by atoms with Crippen LogP contribution in [0.2, 0.25) is 5.02 Å². The maximum Gasteiger partial charge on any atom is 0.278 e. The van der Waals surface area contributed by atoms with Crippen molar-refractivity contribution in [1.82, 2.24) is 9.78 Å². The van der Waals surface area contributed by atoms with Crippen LogP contribution in [0.15, 0.2) is 35.6 Å². The number of hydrogen-bond donors (Lipinski definition) is 0. The Morgan fingerprint density at radius 1 is 1.25 bits per heavy atom. The summed E-state index contributed by atoms with van der Waals surface area (Å²) in [6.45, 7) is 1.82. The standard InChI is InChI=1S/C16H13ClN4O3/c1-8-11(7-20(2)18-8)13-12-14(24-19-13)16(23)21(15(12)22)10-5-3-4-9(17)6-10/h3-7,12,14H,1-2H3/t12-,14+/m1/s1. The molecule has 0 radical (unpaired) electrons. The van der Waals surface area contributed by atoms with Crippen LogP contribution in [0.1, 0.15) is 11.3 Å². The van der Waals surface area contributed by atoms with E-state index in [0.29, 0.717) is 22.0 Å². The number of aromatic nitrogens is 2. The molecule has 2 amide bonds. The zero-order valence-corrected chi connectivity index (χ0v) is 13.7. The van der Waals surface area contributed by atoms with E-state index in [4.69, 9.17) is 16.4 Å². The van der Waals surface area contributed by atoms with E-state index in [1.165, 1.54) is 0 Å². The fraction of sp³-hybridized carbons (Fsp3) is 0.250. The number of aryl methyl sites for hydroxylation is 2. The van der Waals surface area contributed by atoms with Crippen LogP contribution in [0, 0.1) is 12.8 Å². The van der Waals surface area contributed by atoms with Gasteiger partial charge in [0.05, 0.1) is 11.4 Å². The lowest BCUT2D eigenvalue weighted by molar-refractivity contribution is -0.126. The second-order valence-corrected chi connectivity index (χ2v) is 6.21. The number of hydrogen-bond acceptors (Lipinski definition) is 5. The molecule has 4 rings (SSSR count). The SMILES string of the molecule is Cc1nn(C)cc1C1=NO[C@@H]2C(=O)N(c3cccc(Cl)c3)C(=O)[C@H]12. The van der Waals surface area contributed by atoms with E-state index in [1.807, 2.05) is 6.92 Å². The van der Waals surface area contributed by atoms with Crippen molar-refractivity contribution in [3.05, 3.63) is 46.7 Å². The molecule has 8 heteroatoms. The van der Waals surface area contributed by atoms with E-state index in [-0.39, 0.29) is 5.91 Å². The van der Waals surface area contributed by atoms with Crippen molar-refractivity contribution >= 4 is 34.8 Å². The zero-order chi connectivity index (χ0) is 17.0. The molecule has 2 aromatic rings. The second kappa shape index (κ2) is 5.17. The van der Waals surface area contributed by atoms with Crippen molar-refractivity contribution in [1.29, 1.82) is 0 Å². The van der Waals surface area contributed by atoms with Crippen LogP contribution < -0.4 is 4.90 Å². The topological polar surface area (TPSA) is 76.8 Å². The molecule has 0 N–H and O–H groups in total. The first kappa shape index (κ1) is 14.9. The van der Waals surface area contributed by atoms with Gasteiger partial charge in [0.25, 0.3) is 5.91 Å². The van der Waals surface area contributed by atoms with Crippen molar-refractivity contribution < 1.29 is 14.4 Å². The Labute approximate surface area is 142 Å². The van der Waals surface area contributed by atoms with Gasteiger partial charge in [0.15, 0.2) is 0 Å². The minimum absolute atomic E-state index is 0.369. The Balaban J connectivity index is 1.74. The molecule has 0 bridgehead atoms. The number of carbonyl (C=O) groups is 2. The van der Waals surface area contributed by atoms with Crippen LogP contribution in [0.5, 0.6) is 0 Å². The fourth-order valence-electron chi connectivity index (χ4n) is 3.12. The molecular weight excluding hydrogens is 332 g/mol. The van der Waals surface area contributed by atoms with E-state index in [0.717, 1.165) is 10.6 Å². The molecular formula is C16H13ClN4O3. The van der Waals surface area contributed by atoms with Crippen LogP contribution in [-0.2, 0) is 21.5 Å². The predicted octanol–water partition coefficient (Wildman–Crippen LogP) is 1.67. The Morgan fingerprint density at radius 3 is 2.71 bits per heavy atom. The van der Waals surface area contributed by atoms with E-state index >= 15 is 0 Å². The molecule has 2 aliphatic heterocycles. The summed E-state index contributed by atoms with van der Waals surface area (Å²) in [6.07, 6.45) is 0.825. The first-order chi connectivity index (χ1) is 11.5. The second-order valence-electron chi connectivity index (χ2n) is 5.77. The highest BCUT2D eigenvalue weighted by Gasteiger charge is 2.56. The third-order valence-electron chi connectivity index (χ3n) is 4.17. The van der Waals surface area contributed by atoms with Gasteiger partial charge in [-0.2, -0.15) is 5.10 Å². The summed E-state index contributed by atoms with van der Waals surface area (Å²) in [5.74, 6) is -1.57. The van der Waals surface area contributed by atoms with E-state index in [1.54, 1.807) is 42.2 Å². The molecule has 1 fully saturated rings. The van der Waals surface area contributed by atoms with Gasteiger partial charge in [-0.3, -0.25) is 14.3 Å². The van der Waals surface area contributed by atoms with Gasteiger partial charge in [-0.1, -0.05) is 22.8 Å². The molecule has 0 aliphatic carbocycles. The van der Waals surface area contributed by atoms with Crippen LogP contribution in [0.4, 0.5) is 5.69 Å². The third-order valence-corrected chi connectivity index (χ3v) is 4.40. The molecule has 2 atom stereocenters. The average Bonchev–Trinajstić information content (AvgIpc) is 3.16. The molecule has 1 aromatic heterocycles. The molecule has 122 valence electrons. The molecule has 0 saturated carbocycles. The highest BCUT2D eigenvalue weighted by Crippen LogP contribution is 2.36. The lowest BCUT2D eigenvalue weighted by Gasteiger charge is -2.15. The summed E-state index contributed by atoms with van der Waals surface area (Å²) in [5, 5.41) is 8.68. The van der Waals surface area contributed by atoms with Crippen molar-refractivity contribution in [3.63, 3.8) is 0 Å². The van der Waals surface area contributed by atoms with Gasteiger partial charge in [-0.15, -0.1) is 0 Å². The summed E-state index contributed by atoms with van der Waals surface area (Å²) < 4.78 is 1.64. The number of fused-ring (bicyclic) bond motifs is 1. The van der Waals surface area contributed by atoms with Crippen molar-refractivity contribution in [2.24, 2.45) is 18.1 Å². The number of halogens is 1. The Morgan fingerprint density at radius 2 is 2.04 bits per heavy atom. The van der Waals surface area contributed by atoms with Crippen molar-refractivity contribution in [3.8, 4) is 0 Å². The molecule has 2 aliphatic rings. The monoisotopic (exact) mass is 344 g/mol. The molecule has 0 unspecified atom stereocenters. The first-order valence-corrected chi connectivity index (χ1v) is 7.73. The van der Waals surface area contributed by atoms with Crippen LogP contribution >= 0.6 is 11.6 Å². The molecule has 3 heterocycles. The molecule has 24 heavy (non-hydrogen) atoms. The van der Waals surface area contributed by atoms with Crippen molar-refractivity contribution in [2.75, 3.05) is 4.90 Å². The summed E-state index contributed by atoms with van der Waals surface area (Å²) in [7, 11) is 1.78. The minimum atomic E-state index is -0.939. The fourth-order valence-corrected chi connectivity index (χ4v) is 3.31. The molecule has 1 aromatic carbocycles. The normalized spacial score (nSPS) is 22.6. The van der Waals surface area contributed by atoms with Gasteiger partial charge in [0.2, 0.25) is 12.0 Å². The van der Waals surface area contributed by atoms with Gasteiger partial charge in [-0.05, 0) is 25.1 Å². The quantitative estimate of drug-likeness (QED) is 0.777. The average molecular weight is 345 g/mol. The lowest BCUT2D eigenvalue weighted by atomic mass is 9.94. The zero-order valence-electron chi connectivity index (χ0n) is 12.9. The van der Waals surface area contributed by atoms with Gasteiger partial charge in [0.1, 0.15) is 11.6 Å². The number of oxime groups is 1. The number of imide groups is 1. The smallest absolute Gasteiger partial charge is 0.278 e. The number of benzene rings is 1. The third kappa shape index (κ3) is 2.05. The maximum absolute atomic E-state index is 12.9. The van der Waals surface area contributed by atoms with Gasteiger partial charge >= 0.3 is 0 Å². The first-order valence-electron chi connectivity index (χ1n) is 7.35. The Bertz CT molecular complexity index is 904. The van der Waals surface area contributed by atoms with Gasteiger partial charge < -0.3 is 4.84 Å². The van der Waals surface area contributed by atoms with Crippen LogP contribution in [-0.4, -0.2) is 33.4 Å². The highest BCUT2D eigenvalue weighted by atomic mass is 35.5. The van der Waals surface area contributed by atoms with Gasteiger partial charge in [-0.25, -0.2) is 4.90 Å². The molecule has 7 nitrogen and oxygen atoms in total. The van der Waals surface area contributed by atoms with Gasteiger partial charge in [0, 0.05) is 23.8 Å². The highest BCUT2D eigenvalue weighted by molar-refractivity contribution is 6.34. The van der Waals surface area contributed by atoms with Crippen LogP contribution in [0.25, 0.3) is 0 Å². The molecule has 0 spiro atoms. The Kier molecular flexibility index (Phi) is 3.21. The number of carbonyl (C=O) groups excluding carboxylic acids is 2. The van der Waals surface area contributed by atoms with Crippen LogP contribution in [0.3, 0.4) is 0 Å². The number of rotatable bonds is 2. The summed E-state index contributed by atoms with van der Waals surface area (Å²) >= 11 is 5.97. The number of anilines is 1. The largest absolute Gasteiger partial charge is 0.381 e. The maximum atomic E-state index is 12.9. The number of nitrogens with zero attached hydrogens (tertiary/aromatic N) is 4. The minimum Gasteiger partial charge on any atom is -0.381 e. The molecule has 1 saturated heterocycles. The Hall–Kier alpha value is -2.67. The van der Waals surface area contributed by atoms with E-state index in [2.05, 4.69) is 10.3 Å². The summed E-state index contributed by atoms with van der Waals surface area (Å²) in [4.78, 5) is 31.9. The van der Waals surface area contributed by atoms with E-state index < -0.39 is 17.9 Å². The lowest BCUT2D eigenvalue weighted by Crippen LogP contribution is -2.33.